The molecule has 0 saturated heterocycles. The van der Waals surface area contributed by atoms with Crippen LogP contribution in [0, 0.1) is 0 Å². The zero-order valence-electron chi connectivity index (χ0n) is 13.2. The molecule has 0 unspecified atom stereocenters. The number of aromatic nitrogens is 3. The van der Waals surface area contributed by atoms with Gasteiger partial charge in [0.05, 0.1) is 13.3 Å². The first-order valence-electron chi connectivity index (χ1n) is 7.63. The first-order valence-corrected chi connectivity index (χ1v) is 7.63. The van der Waals surface area contributed by atoms with Crippen LogP contribution in [0.1, 0.15) is 31.7 Å². The molecule has 0 aliphatic carbocycles. The van der Waals surface area contributed by atoms with E-state index < -0.39 is 0 Å². The Balaban J connectivity index is 1.90. The quantitative estimate of drug-likeness (QED) is 0.693. The Morgan fingerprint density at radius 3 is 2.82 bits per heavy atom. The molecule has 0 bridgehead atoms. The lowest BCUT2D eigenvalue weighted by Gasteiger charge is -2.10. The summed E-state index contributed by atoms with van der Waals surface area (Å²) in [6.45, 7) is 3.67. The van der Waals surface area contributed by atoms with E-state index in [1.165, 1.54) is 12.8 Å². The summed E-state index contributed by atoms with van der Waals surface area (Å²) in [6.07, 6.45) is 5.12. The number of anilines is 2. The minimum absolute atomic E-state index is 0.557. The largest absolute Gasteiger partial charge is 0.496 e. The van der Waals surface area contributed by atoms with Crippen molar-refractivity contribution in [3.8, 4) is 5.75 Å². The van der Waals surface area contributed by atoms with Gasteiger partial charge in [-0.3, -0.25) is 0 Å². The molecule has 1 heterocycles. The van der Waals surface area contributed by atoms with Gasteiger partial charge >= 0.3 is 0 Å². The van der Waals surface area contributed by atoms with Crippen molar-refractivity contribution < 1.29 is 4.74 Å². The van der Waals surface area contributed by atoms with E-state index in [1.807, 2.05) is 24.3 Å². The number of benzene rings is 1. The molecule has 1 aromatic carbocycles. The van der Waals surface area contributed by atoms with Gasteiger partial charge in [-0.15, -0.1) is 5.10 Å². The zero-order chi connectivity index (χ0) is 15.6. The van der Waals surface area contributed by atoms with Gasteiger partial charge in [0.25, 0.3) is 0 Å². The molecule has 0 atom stereocenters. The van der Waals surface area contributed by atoms with E-state index in [9.17, 15) is 0 Å². The predicted octanol–water partition coefficient (Wildman–Crippen LogP) is 3.09. The summed E-state index contributed by atoms with van der Waals surface area (Å²) in [6, 6.07) is 7.89. The van der Waals surface area contributed by atoms with Gasteiger partial charge in [0, 0.05) is 18.7 Å². The highest BCUT2D eigenvalue weighted by Crippen LogP contribution is 2.18. The summed E-state index contributed by atoms with van der Waals surface area (Å²) in [5.41, 5.74) is 1.07. The van der Waals surface area contributed by atoms with Crippen LogP contribution in [0.25, 0.3) is 0 Å². The molecule has 0 amide bonds. The molecule has 0 saturated carbocycles. The smallest absolute Gasteiger partial charge is 0.244 e. The average molecular weight is 301 g/mol. The summed E-state index contributed by atoms with van der Waals surface area (Å²) in [5.74, 6) is 2.11. The van der Waals surface area contributed by atoms with Crippen molar-refractivity contribution in [3.63, 3.8) is 0 Å². The summed E-state index contributed by atoms with van der Waals surface area (Å²) < 4.78 is 5.33. The van der Waals surface area contributed by atoms with Crippen molar-refractivity contribution in [2.45, 2.75) is 32.7 Å². The maximum atomic E-state index is 5.33. The molecule has 6 heteroatoms. The van der Waals surface area contributed by atoms with E-state index in [0.717, 1.165) is 24.3 Å². The number of para-hydroxylation sites is 1. The van der Waals surface area contributed by atoms with Crippen molar-refractivity contribution >= 4 is 11.8 Å². The Bertz CT molecular complexity index is 576. The molecule has 0 radical (unpaired) electrons. The molecular formula is C16H23N5O. The second-order valence-electron chi connectivity index (χ2n) is 4.96. The highest BCUT2D eigenvalue weighted by molar-refractivity contribution is 5.40. The molecule has 6 nitrogen and oxygen atoms in total. The van der Waals surface area contributed by atoms with E-state index in [2.05, 4.69) is 32.7 Å². The molecule has 2 rings (SSSR count). The van der Waals surface area contributed by atoms with Crippen molar-refractivity contribution in [1.29, 1.82) is 0 Å². The standard InChI is InChI=1S/C16H23N5O/c1-3-4-7-10-17-16-20-15(12-19-21-16)18-11-13-8-5-6-9-14(13)22-2/h5-6,8-9,12H,3-4,7,10-11H2,1-2H3,(H2,17,18,20,21). The van der Waals surface area contributed by atoms with Gasteiger partial charge < -0.3 is 15.4 Å². The fraction of sp³-hybridized carbons (Fsp3) is 0.438. The van der Waals surface area contributed by atoms with Crippen LogP contribution in [0.15, 0.2) is 30.5 Å². The molecule has 2 aromatic rings. The minimum Gasteiger partial charge on any atom is -0.496 e. The van der Waals surface area contributed by atoms with E-state index in [-0.39, 0.29) is 0 Å². The second-order valence-corrected chi connectivity index (χ2v) is 4.96. The summed E-state index contributed by atoms with van der Waals surface area (Å²) in [4.78, 5) is 4.40. The Kier molecular flexibility index (Phi) is 6.41. The van der Waals surface area contributed by atoms with E-state index in [0.29, 0.717) is 18.3 Å². The summed E-state index contributed by atoms with van der Waals surface area (Å²) in [7, 11) is 1.67. The van der Waals surface area contributed by atoms with Crippen LogP contribution in [0.3, 0.4) is 0 Å². The molecule has 0 fully saturated rings. The molecule has 0 aliphatic rings. The van der Waals surface area contributed by atoms with Crippen LogP contribution < -0.4 is 15.4 Å². The Labute approximate surface area is 131 Å². The Morgan fingerprint density at radius 2 is 2.00 bits per heavy atom. The molecule has 0 aliphatic heterocycles. The third kappa shape index (κ3) is 4.87. The van der Waals surface area contributed by atoms with Crippen molar-refractivity contribution in [2.24, 2.45) is 0 Å². The van der Waals surface area contributed by atoms with E-state index in [4.69, 9.17) is 4.74 Å². The molecule has 0 spiro atoms. The molecule has 2 N–H and O–H groups in total. The van der Waals surface area contributed by atoms with Gasteiger partial charge in [-0.05, 0) is 12.5 Å². The topological polar surface area (TPSA) is 72.0 Å². The van der Waals surface area contributed by atoms with Gasteiger partial charge in [0.1, 0.15) is 5.75 Å². The number of unbranched alkanes of at least 4 members (excludes halogenated alkanes) is 2. The van der Waals surface area contributed by atoms with Crippen LogP contribution in [-0.2, 0) is 6.54 Å². The first kappa shape index (κ1) is 16.0. The maximum absolute atomic E-state index is 5.33. The van der Waals surface area contributed by atoms with E-state index in [1.54, 1.807) is 13.3 Å². The SMILES string of the molecule is CCCCCNc1nncc(NCc2ccccc2OC)n1. The van der Waals surface area contributed by atoms with Gasteiger partial charge in [-0.25, -0.2) is 0 Å². The molecular weight excluding hydrogens is 278 g/mol. The van der Waals surface area contributed by atoms with Crippen molar-refractivity contribution in [1.82, 2.24) is 15.2 Å². The number of nitrogens with zero attached hydrogens (tertiary/aromatic N) is 3. The number of hydrogen-bond donors (Lipinski definition) is 2. The van der Waals surface area contributed by atoms with Crippen molar-refractivity contribution in [2.75, 3.05) is 24.3 Å². The van der Waals surface area contributed by atoms with Gasteiger partial charge in [0.2, 0.25) is 5.95 Å². The number of hydrogen-bond acceptors (Lipinski definition) is 6. The lowest BCUT2D eigenvalue weighted by Crippen LogP contribution is -2.09. The van der Waals surface area contributed by atoms with Crippen LogP contribution in [-0.4, -0.2) is 28.8 Å². The van der Waals surface area contributed by atoms with Gasteiger partial charge in [-0.1, -0.05) is 38.0 Å². The average Bonchev–Trinajstić information content (AvgIpc) is 2.57. The van der Waals surface area contributed by atoms with Crippen LogP contribution in [0.2, 0.25) is 0 Å². The number of nitrogens with one attached hydrogen (secondary N) is 2. The Hall–Kier alpha value is -2.37. The lowest BCUT2D eigenvalue weighted by molar-refractivity contribution is 0.410. The fourth-order valence-corrected chi connectivity index (χ4v) is 2.07. The van der Waals surface area contributed by atoms with Crippen molar-refractivity contribution in [3.05, 3.63) is 36.0 Å². The Morgan fingerprint density at radius 1 is 1.14 bits per heavy atom. The normalized spacial score (nSPS) is 10.3. The first-order chi connectivity index (χ1) is 10.8. The molecule has 22 heavy (non-hydrogen) atoms. The molecule has 1 aromatic heterocycles. The number of ether oxygens (including phenoxy) is 1. The maximum Gasteiger partial charge on any atom is 0.244 e. The summed E-state index contributed by atoms with van der Waals surface area (Å²) in [5, 5.41) is 14.4. The molecule has 118 valence electrons. The number of rotatable bonds is 9. The van der Waals surface area contributed by atoms with Crippen LogP contribution in [0.5, 0.6) is 5.75 Å². The van der Waals surface area contributed by atoms with Crippen LogP contribution >= 0.6 is 0 Å². The third-order valence-electron chi connectivity index (χ3n) is 3.27. The lowest BCUT2D eigenvalue weighted by atomic mass is 10.2. The van der Waals surface area contributed by atoms with E-state index >= 15 is 0 Å². The van der Waals surface area contributed by atoms with Gasteiger partial charge in [0.15, 0.2) is 5.82 Å². The highest BCUT2D eigenvalue weighted by Gasteiger charge is 2.03. The highest BCUT2D eigenvalue weighted by atomic mass is 16.5. The van der Waals surface area contributed by atoms with Gasteiger partial charge in [-0.2, -0.15) is 10.1 Å². The zero-order valence-corrected chi connectivity index (χ0v) is 13.2. The number of methoxy groups -OCH3 is 1. The van der Waals surface area contributed by atoms with Crippen LogP contribution in [0.4, 0.5) is 11.8 Å². The predicted molar refractivity (Wildman–Crippen MR) is 88.2 cm³/mol. The third-order valence-corrected chi connectivity index (χ3v) is 3.27. The fourth-order valence-electron chi connectivity index (χ4n) is 2.07. The summed E-state index contributed by atoms with van der Waals surface area (Å²) >= 11 is 0. The monoisotopic (exact) mass is 301 g/mol. The second kappa shape index (κ2) is 8.81. The minimum atomic E-state index is 0.557.